The maximum atomic E-state index is 11.8. The average Bonchev–Trinajstić information content (AvgIpc) is 2.81. The Balaban J connectivity index is 2.01. The summed E-state index contributed by atoms with van der Waals surface area (Å²) in [5, 5.41) is 9.70. The molecule has 2 heterocycles. The molecule has 2 unspecified atom stereocenters. The fraction of sp³-hybridized carbons (Fsp3) is 0.400. The highest BCUT2D eigenvalue weighted by molar-refractivity contribution is 5.85. The number of ether oxygens (including phenoxy) is 1. The third-order valence-corrected chi connectivity index (χ3v) is 4.27. The summed E-state index contributed by atoms with van der Waals surface area (Å²) < 4.78 is 5.19. The Morgan fingerprint density at radius 3 is 3.05 bits per heavy atom. The molecule has 100 valence electrons. The van der Waals surface area contributed by atoms with Crippen LogP contribution < -0.4 is 0 Å². The van der Waals surface area contributed by atoms with E-state index in [9.17, 15) is 9.90 Å². The lowest BCUT2D eigenvalue weighted by molar-refractivity contribution is -0.146. The van der Waals surface area contributed by atoms with Gasteiger partial charge in [0.05, 0.1) is 12.5 Å². The number of aliphatic carboxylic acids is 1. The molecule has 0 aromatic heterocycles. The molecule has 1 aliphatic carbocycles. The molecule has 2 aliphatic heterocycles. The second kappa shape index (κ2) is 4.38. The van der Waals surface area contributed by atoms with Crippen LogP contribution in [0.4, 0.5) is 0 Å². The molecular formula is C15H17NO3. The van der Waals surface area contributed by atoms with E-state index in [4.69, 9.17) is 4.74 Å². The molecule has 2 atom stereocenters. The number of rotatable bonds is 2. The summed E-state index contributed by atoms with van der Waals surface area (Å²) in [4.78, 5) is 13.7. The van der Waals surface area contributed by atoms with Gasteiger partial charge in [-0.2, -0.15) is 0 Å². The molecule has 0 amide bonds. The van der Waals surface area contributed by atoms with E-state index in [1.165, 1.54) is 0 Å². The third kappa shape index (κ3) is 1.75. The van der Waals surface area contributed by atoms with Crippen LogP contribution >= 0.6 is 0 Å². The Labute approximate surface area is 112 Å². The van der Waals surface area contributed by atoms with Crippen molar-refractivity contribution in [2.45, 2.75) is 18.4 Å². The SMILES string of the molecule is CN1CCCC1(C(=O)O)C1=CC2=COC=CC2C=C1. The van der Waals surface area contributed by atoms with Crippen molar-refractivity contribution in [3.63, 3.8) is 0 Å². The number of likely N-dealkylation sites (N-methyl/N-ethyl adjacent to an activating group) is 1. The van der Waals surface area contributed by atoms with Gasteiger partial charge in [-0.1, -0.05) is 12.2 Å². The monoisotopic (exact) mass is 259 g/mol. The number of hydrogen-bond donors (Lipinski definition) is 1. The Bertz CT molecular complexity index is 530. The highest BCUT2D eigenvalue weighted by Crippen LogP contribution is 2.39. The predicted octanol–water partition coefficient (Wildman–Crippen LogP) is 2.08. The number of fused-ring (bicyclic) bond motifs is 1. The summed E-state index contributed by atoms with van der Waals surface area (Å²) in [7, 11) is 1.88. The van der Waals surface area contributed by atoms with Crippen molar-refractivity contribution >= 4 is 5.97 Å². The number of likely N-dealkylation sites (tertiary alicyclic amines) is 1. The van der Waals surface area contributed by atoms with Crippen molar-refractivity contribution in [3.8, 4) is 0 Å². The van der Waals surface area contributed by atoms with Gasteiger partial charge in [-0.25, -0.2) is 4.79 Å². The van der Waals surface area contributed by atoms with Crippen LogP contribution in [0.1, 0.15) is 12.8 Å². The van der Waals surface area contributed by atoms with Gasteiger partial charge in [0.2, 0.25) is 0 Å². The van der Waals surface area contributed by atoms with Gasteiger partial charge in [0.15, 0.2) is 0 Å². The van der Waals surface area contributed by atoms with E-state index in [1.54, 1.807) is 12.5 Å². The third-order valence-electron chi connectivity index (χ3n) is 4.27. The van der Waals surface area contributed by atoms with Crippen LogP contribution in [0.25, 0.3) is 0 Å². The lowest BCUT2D eigenvalue weighted by atomic mass is 9.80. The van der Waals surface area contributed by atoms with E-state index in [1.807, 2.05) is 36.3 Å². The van der Waals surface area contributed by atoms with Crippen LogP contribution in [-0.2, 0) is 9.53 Å². The molecule has 4 nitrogen and oxygen atoms in total. The van der Waals surface area contributed by atoms with Crippen molar-refractivity contribution in [2.24, 2.45) is 5.92 Å². The van der Waals surface area contributed by atoms with Crippen LogP contribution in [0, 0.1) is 5.92 Å². The van der Waals surface area contributed by atoms with Crippen LogP contribution in [0.5, 0.6) is 0 Å². The van der Waals surface area contributed by atoms with E-state index < -0.39 is 11.5 Å². The number of carboxylic acids is 1. The summed E-state index contributed by atoms with van der Waals surface area (Å²) >= 11 is 0. The van der Waals surface area contributed by atoms with E-state index in [-0.39, 0.29) is 5.92 Å². The van der Waals surface area contributed by atoms with Crippen molar-refractivity contribution in [1.82, 2.24) is 4.90 Å². The van der Waals surface area contributed by atoms with E-state index in [2.05, 4.69) is 0 Å². The number of hydrogen-bond acceptors (Lipinski definition) is 3. The molecular weight excluding hydrogens is 242 g/mol. The molecule has 0 aromatic rings. The number of carboxylic acid groups (broad SMARTS) is 1. The van der Waals surface area contributed by atoms with Crippen molar-refractivity contribution in [1.29, 1.82) is 0 Å². The van der Waals surface area contributed by atoms with Crippen molar-refractivity contribution in [2.75, 3.05) is 13.6 Å². The zero-order valence-corrected chi connectivity index (χ0v) is 10.9. The minimum atomic E-state index is -0.885. The first-order valence-electron chi connectivity index (χ1n) is 6.52. The molecule has 3 aliphatic rings. The van der Waals surface area contributed by atoms with Gasteiger partial charge in [0.25, 0.3) is 0 Å². The van der Waals surface area contributed by atoms with Gasteiger partial charge in [-0.3, -0.25) is 4.90 Å². The Morgan fingerprint density at radius 2 is 2.37 bits per heavy atom. The molecule has 0 aromatic carbocycles. The molecule has 1 fully saturated rings. The van der Waals surface area contributed by atoms with Gasteiger partial charge in [-0.15, -0.1) is 0 Å². The van der Waals surface area contributed by atoms with Gasteiger partial charge in [0, 0.05) is 5.92 Å². The lowest BCUT2D eigenvalue weighted by Gasteiger charge is -2.35. The summed E-state index contributed by atoms with van der Waals surface area (Å²) in [6.07, 6.45) is 12.8. The van der Waals surface area contributed by atoms with Crippen molar-refractivity contribution in [3.05, 3.63) is 48.0 Å². The molecule has 0 bridgehead atoms. The number of allylic oxidation sites excluding steroid dienone is 4. The smallest absolute Gasteiger partial charge is 0.328 e. The second-order valence-corrected chi connectivity index (χ2v) is 5.26. The zero-order valence-electron chi connectivity index (χ0n) is 10.9. The van der Waals surface area contributed by atoms with Gasteiger partial charge >= 0.3 is 5.97 Å². The first-order chi connectivity index (χ1) is 9.14. The standard InChI is InChI=1S/C15H17NO3/c1-16-7-2-6-15(16,14(17)18)13-4-3-11-5-8-19-10-12(11)9-13/h3-5,8-11H,2,6-7H2,1H3,(H,17,18). The molecule has 3 rings (SSSR count). The molecule has 1 N–H and O–H groups in total. The largest absolute Gasteiger partial charge is 0.480 e. The average molecular weight is 259 g/mol. The Hall–Kier alpha value is -1.81. The summed E-state index contributed by atoms with van der Waals surface area (Å²) in [5.74, 6) is -0.565. The highest BCUT2D eigenvalue weighted by Gasteiger charge is 2.48. The lowest BCUT2D eigenvalue weighted by Crippen LogP contribution is -2.50. The second-order valence-electron chi connectivity index (χ2n) is 5.26. The Kier molecular flexibility index (Phi) is 2.82. The quantitative estimate of drug-likeness (QED) is 0.825. The normalized spacial score (nSPS) is 33.4. The molecule has 0 spiro atoms. The first kappa shape index (κ1) is 12.2. The van der Waals surface area contributed by atoms with Gasteiger partial charge in [-0.05, 0) is 49.7 Å². The van der Waals surface area contributed by atoms with E-state index >= 15 is 0 Å². The highest BCUT2D eigenvalue weighted by atomic mass is 16.5. The van der Waals surface area contributed by atoms with E-state index in [0.29, 0.717) is 6.42 Å². The van der Waals surface area contributed by atoms with Crippen molar-refractivity contribution < 1.29 is 14.6 Å². The maximum Gasteiger partial charge on any atom is 0.328 e. The summed E-state index contributed by atoms with van der Waals surface area (Å²) in [6.45, 7) is 0.816. The minimum Gasteiger partial charge on any atom is -0.480 e. The van der Waals surface area contributed by atoms with E-state index in [0.717, 1.165) is 24.1 Å². The maximum absolute atomic E-state index is 11.8. The number of carbonyl (C=O) groups is 1. The molecule has 0 saturated carbocycles. The minimum absolute atomic E-state index is 0.204. The van der Waals surface area contributed by atoms with Crippen LogP contribution in [0.15, 0.2) is 48.0 Å². The fourth-order valence-corrected chi connectivity index (χ4v) is 3.15. The van der Waals surface area contributed by atoms with Crippen LogP contribution in [0.2, 0.25) is 0 Å². The molecule has 0 radical (unpaired) electrons. The summed E-state index contributed by atoms with van der Waals surface area (Å²) in [6, 6.07) is 0. The predicted molar refractivity (Wildman–Crippen MR) is 71.3 cm³/mol. The zero-order chi connectivity index (χ0) is 13.5. The number of nitrogens with zero attached hydrogens (tertiary/aromatic N) is 1. The van der Waals surface area contributed by atoms with Gasteiger partial charge < -0.3 is 9.84 Å². The van der Waals surface area contributed by atoms with Crippen LogP contribution in [-0.4, -0.2) is 35.1 Å². The molecule has 1 saturated heterocycles. The summed E-state index contributed by atoms with van der Waals surface area (Å²) in [5.41, 5.74) is 0.978. The fourth-order valence-electron chi connectivity index (χ4n) is 3.15. The topological polar surface area (TPSA) is 49.8 Å². The van der Waals surface area contributed by atoms with Gasteiger partial charge in [0.1, 0.15) is 5.54 Å². The molecule has 19 heavy (non-hydrogen) atoms. The first-order valence-corrected chi connectivity index (χ1v) is 6.52. The van der Waals surface area contributed by atoms with Crippen LogP contribution in [0.3, 0.4) is 0 Å². The Morgan fingerprint density at radius 1 is 1.53 bits per heavy atom. The molecule has 4 heteroatoms.